The Bertz CT molecular complexity index is 747. The first-order chi connectivity index (χ1) is 12.1. The van der Waals surface area contributed by atoms with Gasteiger partial charge in [-0.15, -0.1) is 0 Å². The average molecular weight is 383 g/mol. The van der Waals surface area contributed by atoms with Gasteiger partial charge in [-0.1, -0.05) is 11.6 Å². The van der Waals surface area contributed by atoms with E-state index in [2.05, 4.69) is 10.3 Å². The van der Waals surface area contributed by atoms with E-state index in [1.807, 2.05) is 12.1 Å². The van der Waals surface area contributed by atoms with Crippen LogP contribution >= 0.6 is 11.6 Å². The van der Waals surface area contributed by atoms with E-state index in [4.69, 9.17) is 22.1 Å². The van der Waals surface area contributed by atoms with Crippen LogP contribution in [0.2, 0.25) is 5.02 Å². The van der Waals surface area contributed by atoms with Gasteiger partial charge in [0.1, 0.15) is 11.8 Å². The number of alkyl halides is 1. The van der Waals surface area contributed by atoms with Crippen molar-refractivity contribution in [3.8, 4) is 0 Å². The third-order valence-electron chi connectivity index (χ3n) is 4.50. The van der Waals surface area contributed by atoms with Gasteiger partial charge in [-0.3, -0.25) is 0 Å². The molecule has 1 aromatic carbocycles. The lowest BCUT2D eigenvalue weighted by atomic mass is 9.87. The molecule has 2 atom stereocenters. The number of benzene rings is 1. The molecule has 0 aliphatic carbocycles. The van der Waals surface area contributed by atoms with Crippen LogP contribution in [-0.2, 0) is 11.3 Å². The van der Waals surface area contributed by atoms with Crippen molar-refractivity contribution < 1.29 is 13.9 Å². The zero-order valence-electron chi connectivity index (χ0n) is 15.2. The molecule has 0 radical (unpaired) electrons. The summed E-state index contributed by atoms with van der Waals surface area (Å²) in [5.41, 5.74) is 7.57. The smallest absolute Gasteiger partial charge is 0.410 e. The highest BCUT2D eigenvalue weighted by Gasteiger charge is 2.35. The maximum atomic E-state index is 14.9. The van der Waals surface area contributed by atoms with Crippen molar-refractivity contribution in [2.24, 2.45) is 10.7 Å². The summed E-state index contributed by atoms with van der Waals surface area (Å²) < 4.78 is 20.2. The number of guanidine groups is 1. The van der Waals surface area contributed by atoms with Crippen molar-refractivity contribution in [3.63, 3.8) is 0 Å². The molecule has 0 spiro atoms. The second-order valence-electron chi connectivity index (χ2n) is 7.69. The molecule has 3 rings (SSSR count). The Morgan fingerprint density at radius 3 is 2.85 bits per heavy atom. The summed E-state index contributed by atoms with van der Waals surface area (Å²) in [7, 11) is 0. The molecule has 142 valence electrons. The molecule has 3 N–H and O–H groups in total. The number of halogens is 2. The number of piperidine rings is 1. The quantitative estimate of drug-likeness (QED) is 0.777. The van der Waals surface area contributed by atoms with E-state index in [-0.39, 0.29) is 12.5 Å². The number of amides is 1. The van der Waals surface area contributed by atoms with Crippen LogP contribution in [0, 0.1) is 0 Å². The molecule has 6 nitrogen and oxygen atoms in total. The third kappa shape index (κ3) is 4.03. The fourth-order valence-electron chi connectivity index (χ4n) is 3.26. The zero-order valence-corrected chi connectivity index (χ0v) is 15.9. The van der Waals surface area contributed by atoms with Gasteiger partial charge in [0.15, 0.2) is 5.96 Å². The minimum atomic E-state index is -1.22. The summed E-state index contributed by atoms with van der Waals surface area (Å²) in [5, 5.41) is 3.51. The van der Waals surface area contributed by atoms with Gasteiger partial charge < -0.3 is 20.7 Å². The minimum Gasteiger partial charge on any atom is -0.444 e. The summed E-state index contributed by atoms with van der Waals surface area (Å²) in [5.74, 6) is -0.0457. The second-order valence-corrected chi connectivity index (χ2v) is 8.10. The number of nitrogens with two attached hydrogens (primary N) is 1. The molecule has 26 heavy (non-hydrogen) atoms. The van der Waals surface area contributed by atoms with Crippen LogP contribution in [0.25, 0.3) is 0 Å². The molecule has 2 aliphatic rings. The Labute approximate surface area is 157 Å². The number of rotatable bonds is 1. The van der Waals surface area contributed by atoms with E-state index in [0.29, 0.717) is 30.5 Å². The monoisotopic (exact) mass is 382 g/mol. The van der Waals surface area contributed by atoms with Gasteiger partial charge in [0.25, 0.3) is 0 Å². The fourth-order valence-corrected chi connectivity index (χ4v) is 3.58. The normalized spacial score (nSPS) is 23.0. The number of ether oxygens (including phenoxy) is 1. The van der Waals surface area contributed by atoms with E-state index >= 15 is 0 Å². The van der Waals surface area contributed by atoms with Gasteiger partial charge in [0.2, 0.25) is 0 Å². The second kappa shape index (κ2) is 6.95. The SMILES string of the molecule is CC(C)(C)OC(=O)N1CC[C@H](c2cc3c(cc2Cl)CN=C(N)N3)[C@@H](F)C1. The molecule has 2 aliphatic heterocycles. The van der Waals surface area contributed by atoms with Crippen molar-refractivity contribution in [1.29, 1.82) is 0 Å². The van der Waals surface area contributed by atoms with Gasteiger partial charge in [0, 0.05) is 23.2 Å². The highest BCUT2D eigenvalue weighted by atomic mass is 35.5. The van der Waals surface area contributed by atoms with Crippen molar-refractivity contribution in [1.82, 2.24) is 4.90 Å². The summed E-state index contributed by atoms with van der Waals surface area (Å²) in [6, 6.07) is 3.65. The molecule has 0 aromatic heterocycles. The number of carbonyl (C=O) groups excluding carboxylic acids is 1. The fraction of sp³-hybridized carbons (Fsp3) is 0.556. The van der Waals surface area contributed by atoms with Gasteiger partial charge in [-0.2, -0.15) is 0 Å². The van der Waals surface area contributed by atoms with Gasteiger partial charge >= 0.3 is 6.09 Å². The van der Waals surface area contributed by atoms with Crippen LogP contribution in [0.15, 0.2) is 17.1 Å². The summed E-state index contributed by atoms with van der Waals surface area (Å²) in [6.07, 6.45) is -1.23. The average Bonchev–Trinajstić information content (AvgIpc) is 2.53. The summed E-state index contributed by atoms with van der Waals surface area (Å²) in [4.78, 5) is 17.7. The molecular weight excluding hydrogens is 359 g/mol. The van der Waals surface area contributed by atoms with E-state index in [0.717, 1.165) is 16.8 Å². The zero-order chi connectivity index (χ0) is 19.1. The summed E-state index contributed by atoms with van der Waals surface area (Å²) >= 11 is 6.40. The first-order valence-corrected chi connectivity index (χ1v) is 9.03. The van der Waals surface area contributed by atoms with Gasteiger partial charge in [0.05, 0.1) is 13.1 Å². The molecule has 1 aromatic rings. The maximum Gasteiger partial charge on any atom is 0.410 e. The number of aliphatic imine (C=N–C) groups is 1. The predicted octanol–water partition coefficient (Wildman–Crippen LogP) is 3.64. The first-order valence-electron chi connectivity index (χ1n) is 8.65. The number of likely N-dealkylation sites (tertiary alicyclic amines) is 1. The van der Waals surface area contributed by atoms with Crippen LogP contribution in [-0.4, -0.2) is 41.8 Å². The number of nitrogens with one attached hydrogen (secondary N) is 1. The van der Waals surface area contributed by atoms with E-state index < -0.39 is 17.9 Å². The van der Waals surface area contributed by atoms with E-state index in [1.165, 1.54) is 4.90 Å². The highest BCUT2D eigenvalue weighted by Crippen LogP contribution is 2.38. The van der Waals surface area contributed by atoms with Crippen LogP contribution in [0.5, 0.6) is 0 Å². The molecule has 0 bridgehead atoms. The molecule has 8 heteroatoms. The van der Waals surface area contributed by atoms with Crippen molar-refractivity contribution >= 4 is 29.3 Å². The predicted molar refractivity (Wildman–Crippen MR) is 100 cm³/mol. The third-order valence-corrected chi connectivity index (χ3v) is 4.82. The maximum absolute atomic E-state index is 14.9. The highest BCUT2D eigenvalue weighted by molar-refractivity contribution is 6.31. The van der Waals surface area contributed by atoms with Crippen LogP contribution in [0.3, 0.4) is 0 Å². The molecule has 1 fully saturated rings. The molecule has 0 unspecified atom stereocenters. The van der Waals surface area contributed by atoms with E-state index in [9.17, 15) is 9.18 Å². The molecule has 2 heterocycles. The Kier molecular flexibility index (Phi) is 5.01. The molecular formula is C18H24ClFN4O2. The van der Waals surface area contributed by atoms with Crippen LogP contribution in [0.4, 0.5) is 14.9 Å². The molecule has 1 saturated heterocycles. The Balaban J connectivity index is 1.74. The van der Waals surface area contributed by atoms with Crippen molar-refractivity contribution in [3.05, 3.63) is 28.3 Å². The lowest BCUT2D eigenvalue weighted by Crippen LogP contribution is -2.46. The number of fused-ring (bicyclic) bond motifs is 1. The Morgan fingerprint density at radius 1 is 1.46 bits per heavy atom. The van der Waals surface area contributed by atoms with Crippen molar-refractivity contribution in [2.45, 2.75) is 51.4 Å². The standard InChI is InChI=1S/C18H24ClFN4O2/c1-18(2,3)26-17(25)24-5-4-11(14(20)9-24)12-7-15-10(6-13(12)19)8-22-16(21)23-15/h6-7,11,14H,4-5,8-9H2,1-3H3,(H3,21,22,23)/t11-,14+/m1/s1. The number of carbonyl (C=O) groups is 1. The first kappa shape index (κ1) is 18.8. The number of anilines is 1. The Hall–Kier alpha value is -2.02. The van der Waals surface area contributed by atoms with Gasteiger partial charge in [-0.25, -0.2) is 14.2 Å². The number of hydrogen-bond donors (Lipinski definition) is 2. The summed E-state index contributed by atoms with van der Waals surface area (Å²) in [6.45, 7) is 6.23. The topological polar surface area (TPSA) is 80.0 Å². The lowest BCUT2D eigenvalue weighted by molar-refractivity contribution is 0.0111. The molecule has 0 saturated carbocycles. The van der Waals surface area contributed by atoms with Gasteiger partial charge in [-0.05, 0) is 50.5 Å². The lowest BCUT2D eigenvalue weighted by Gasteiger charge is -2.36. The largest absolute Gasteiger partial charge is 0.444 e. The Morgan fingerprint density at radius 2 is 2.19 bits per heavy atom. The molecule has 1 amide bonds. The number of nitrogens with zero attached hydrogens (tertiary/aromatic N) is 2. The van der Waals surface area contributed by atoms with E-state index in [1.54, 1.807) is 20.8 Å². The van der Waals surface area contributed by atoms with Crippen LogP contribution < -0.4 is 11.1 Å². The van der Waals surface area contributed by atoms with Crippen LogP contribution in [0.1, 0.15) is 44.2 Å². The minimum absolute atomic E-state index is 0.00990. The van der Waals surface area contributed by atoms with Crippen molar-refractivity contribution in [2.75, 3.05) is 18.4 Å². The number of hydrogen-bond acceptors (Lipinski definition) is 5.